The van der Waals surface area contributed by atoms with E-state index >= 15 is 0 Å². The summed E-state index contributed by atoms with van der Waals surface area (Å²) in [4.78, 5) is 15.9. The van der Waals surface area contributed by atoms with Crippen LogP contribution in [0.4, 0.5) is 5.69 Å². The molecule has 0 saturated carbocycles. The summed E-state index contributed by atoms with van der Waals surface area (Å²) in [6.07, 6.45) is 9.56. The van der Waals surface area contributed by atoms with E-state index in [1.54, 1.807) is 41.2 Å². The highest BCUT2D eigenvalue weighted by atomic mass is 32.2. The van der Waals surface area contributed by atoms with Crippen molar-refractivity contribution in [2.45, 2.75) is 19.0 Å². The molecule has 7 heteroatoms. The number of anilines is 1. The smallest absolute Gasteiger partial charge is 0.241 e. The molecule has 1 atom stereocenters. The minimum Gasteiger partial charge on any atom is -0.322 e. The first kappa shape index (κ1) is 15.5. The number of rotatable bonds is 7. The topological polar surface area (TPSA) is 85.8 Å². The van der Waals surface area contributed by atoms with Crippen molar-refractivity contribution < 1.29 is 4.79 Å². The minimum atomic E-state index is -0.485. The fraction of sp³-hybridized carbons (Fsp3) is 0.357. The molecule has 0 unspecified atom stereocenters. The summed E-state index contributed by atoms with van der Waals surface area (Å²) in [6.45, 7) is 0.636. The number of aromatic nitrogens is 3. The summed E-state index contributed by atoms with van der Waals surface area (Å²) in [5.41, 5.74) is 7.58. The Balaban J connectivity index is 1.89. The predicted molar refractivity (Wildman–Crippen MR) is 85.2 cm³/mol. The zero-order valence-electron chi connectivity index (χ0n) is 11.9. The van der Waals surface area contributed by atoms with E-state index in [1.807, 2.05) is 18.4 Å². The van der Waals surface area contributed by atoms with Gasteiger partial charge in [0.25, 0.3) is 0 Å². The van der Waals surface area contributed by atoms with Gasteiger partial charge in [0.15, 0.2) is 0 Å². The van der Waals surface area contributed by atoms with E-state index in [1.165, 1.54) is 0 Å². The molecule has 0 aliphatic heterocycles. The van der Waals surface area contributed by atoms with E-state index in [9.17, 15) is 4.79 Å². The van der Waals surface area contributed by atoms with Crippen LogP contribution in [0, 0.1) is 0 Å². The summed E-state index contributed by atoms with van der Waals surface area (Å²) < 4.78 is 1.76. The van der Waals surface area contributed by atoms with Crippen LogP contribution < -0.4 is 11.1 Å². The molecule has 0 aliphatic rings. The predicted octanol–water partition coefficient (Wildman–Crippen LogP) is 1.35. The Morgan fingerprint density at radius 2 is 2.24 bits per heavy atom. The Kier molecular flexibility index (Phi) is 5.77. The second-order valence-corrected chi connectivity index (χ2v) is 5.64. The molecular formula is C14H19N5OS. The van der Waals surface area contributed by atoms with Gasteiger partial charge in [-0.25, -0.2) is 0 Å². The van der Waals surface area contributed by atoms with Crippen LogP contribution in [-0.4, -0.2) is 38.7 Å². The zero-order chi connectivity index (χ0) is 15.1. The Morgan fingerprint density at radius 3 is 2.95 bits per heavy atom. The largest absolute Gasteiger partial charge is 0.322 e. The molecule has 1 amide bonds. The normalized spacial score (nSPS) is 12.1. The summed E-state index contributed by atoms with van der Waals surface area (Å²) in [5, 5.41) is 7.01. The lowest BCUT2D eigenvalue weighted by Crippen LogP contribution is -2.35. The fourth-order valence-corrected chi connectivity index (χ4v) is 2.29. The van der Waals surface area contributed by atoms with Gasteiger partial charge in [-0.15, -0.1) is 0 Å². The van der Waals surface area contributed by atoms with Crippen LogP contribution in [-0.2, 0) is 11.3 Å². The Morgan fingerprint density at radius 1 is 1.48 bits per heavy atom. The first-order valence-electron chi connectivity index (χ1n) is 6.66. The average molecular weight is 305 g/mol. The van der Waals surface area contributed by atoms with Gasteiger partial charge in [-0.3, -0.25) is 14.5 Å². The second kappa shape index (κ2) is 7.80. The van der Waals surface area contributed by atoms with E-state index in [-0.39, 0.29) is 5.91 Å². The van der Waals surface area contributed by atoms with Crippen LogP contribution >= 0.6 is 11.8 Å². The van der Waals surface area contributed by atoms with Gasteiger partial charge in [0.1, 0.15) is 0 Å². The fourth-order valence-electron chi connectivity index (χ4n) is 1.80. The monoisotopic (exact) mass is 305 g/mol. The maximum atomic E-state index is 11.9. The molecule has 0 bridgehead atoms. The number of carbonyl (C=O) groups excluding carboxylic acids is 1. The van der Waals surface area contributed by atoms with Crippen molar-refractivity contribution in [3.05, 3.63) is 42.5 Å². The van der Waals surface area contributed by atoms with Gasteiger partial charge in [0.2, 0.25) is 5.91 Å². The first-order chi connectivity index (χ1) is 10.2. The number of nitrogens with two attached hydrogens (primary N) is 1. The number of pyridine rings is 1. The number of nitrogens with one attached hydrogen (secondary N) is 1. The maximum Gasteiger partial charge on any atom is 0.241 e. The van der Waals surface area contributed by atoms with Crippen molar-refractivity contribution in [3.8, 4) is 0 Å². The third-order valence-corrected chi connectivity index (χ3v) is 3.61. The summed E-state index contributed by atoms with van der Waals surface area (Å²) in [5.74, 6) is 0.697. The molecule has 2 aromatic heterocycles. The number of thioether (sulfide) groups is 1. The first-order valence-corrected chi connectivity index (χ1v) is 8.05. The standard InChI is InChI=1S/C14H19N5OS/c1-21-7-4-13(15)14(20)18-12-8-17-19(10-12)9-11-2-5-16-6-3-11/h2-3,5-6,8,10,13H,4,7,9,15H2,1H3,(H,18,20)/t13-/m0/s1. The van der Waals surface area contributed by atoms with Gasteiger partial charge in [-0.2, -0.15) is 16.9 Å². The molecule has 112 valence electrons. The van der Waals surface area contributed by atoms with Crippen molar-refractivity contribution in [3.63, 3.8) is 0 Å². The van der Waals surface area contributed by atoms with Crippen LogP contribution in [0.25, 0.3) is 0 Å². The Hall–Kier alpha value is -1.86. The van der Waals surface area contributed by atoms with Crippen molar-refractivity contribution in [2.75, 3.05) is 17.3 Å². The van der Waals surface area contributed by atoms with Crippen LogP contribution in [0.5, 0.6) is 0 Å². The molecule has 3 N–H and O–H groups in total. The van der Waals surface area contributed by atoms with Gasteiger partial charge in [0, 0.05) is 18.6 Å². The Labute approximate surface area is 128 Å². The molecule has 0 fully saturated rings. The minimum absolute atomic E-state index is 0.174. The molecule has 2 rings (SSSR count). The average Bonchev–Trinajstić information content (AvgIpc) is 2.92. The molecule has 0 radical (unpaired) electrons. The third-order valence-electron chi connectivity index (χ3n) is 2.96. The molecule has 6 nitrogen and oxygen atoms in total. The molecule has 0 spiro atoms. The number of hydrogen-bond acceptors (Lipinski definition) is 5. The highest BCUT2D eigenvalue weighted by Crippen LogP contribution is 2.09. The lowest BCUT2D eigenvalue weighted by molar-refractivity contribution is -0.117. The number of nitrogens with zero attached hydrogens (tertiary/aromatic N) is 3. The summed E-state index contributed by atoms with van der Waals surface area (Å²) in [6, 6.07) is 3.37. The molecule has 2 aromatic rings. The lowest BCUT2D eigenvalue weighted by atomic mass is 10.2. The SMILES string of the molecule is CSCC[C@H](N)C(=O)Nc1cnn(Cc2ccncc2)c1. The van der Waals surface area contributed by atoms with Gasteiger partial charge >= 0.3 is 0 Å². The highest BCUT2D eigenvalue weighted by Gasteiger charge is 2.13. The molecule has 0 saturated heterocycles. The maximum absolute atomic E-state index is 11.9. The number of carbonyl (C=O) groups is 1. The molecular weight excluding hydrogens is 286 g/mol. The van der Waals surface area contributed by atoms with Crippen molar-refractivity contribution in [1.29, 1.82) is 0 Å². The van der Waals surface area contributed by atoms with E-state index < -0.39 is 6.04 Å². The van der Waals surface area contributed by atoms with Crippen LogP contribution in [0.3, 0.4) is 0 Å². The van der Waals surface area contributed by atoms with Gasteiger partial charge in [0.05, 0.1) is 24.5 Å². The van der Waals surface area contributed by atoms with Crippen LogP contribution in [0.1, 0.15) is 12.0 Å². The quantitative estimate of drug-likeness (QED) is 0.806. The van der Waals surface area contributed by atoms with Crippen LogP contribution in [0.2, 0.25) is 0 Å². The summed E-state index contributed by atoms with van der Waals surface area (Å²) >= 11 is 1.68. The van der Waals surface area contributed by atoms with E-state index in [0.717, 1.165) is 11.3 Å². The van der Waals surface area contributed by atoms with Crippen molar-refractivity contribution in [1.82, 2.24) is 14.8 Å². The molecule has 0 aliphatic carbocycles. The second-order valence-electron chi connectivity index (χ2n) is 4.66. The zero-order valence-corrected chi connectivity index (χ0v) is 12.7. The van der Waals surface area contributed by atoms with E-state index in [2.05, 4.69) is 15.4 Å². The Bertz CT molecular complexity index is 572. The lowest BCUT2D eigenvalue weighted by Gasteiger charge is -2.09. The van der Waals surface area contributed by atoms with Crippen molar-refractivity contribution >= 4 is 23.4 Å². The molecule has 21 heavy (non-hydrogen) atoms. The number of amides is 1. The van der Waals surface area contributed by atoms with E-state index in [4.69, 9.17) is 5.73 Å². The third kappa shape index (κ3) is 4.87. The van der Waals surface area contributed by atoms with E-state index in [0.29, 0.717) is 18.7 Å². The van der Waals surface area contributed by atoms with Crippen molar-refractivity contribution in [2.24, 2.45) is 5.73 Å². The number of hydrogen-bond donors (Lipinski definition) is 2. The van der Waals surface area contributed by atoms with Crippen LogP contribution in [0.15, 0.2) is 36.9 Å². The van der Waals surface area contributed by atoms with Gasteiger partial charge in [-0.05, 0) is 36.1 Å². The molecule has 0 aromatic carbocycles. The highest BCUT2D eigenvalue weighted by molar-refractivity contribution is 7.98. The van der Waals surface area contributed by atoms with Gasteiger partial charge in [-0.1, -0.05) is 0 Å². The van der Waals surface area contributed by atoms with Gasteiger partial charge < -0.3 is 11.1 Å². The summed E-state index contributed by atoms with van der Waals surface area (Å²) in [7, 11) is 0. The molecule has 2 heterocycles.